The number of likely N-dealkylation sites (tertiary alicyclic amines) is 1. The minimum absolute atomic E-state index is 0.390. The van der Waals surface area contributed by atoms with Crippen molar-refractivity contribution in [1.82, 2.24) is 24.4 Å². The number of nitrogen functional groups attached to an aromatic ring is 1. The van der Waals surface area contributed by atoms with Gasteiger partial charge in [0.15, 0.2) is 0 Å². The van der Waals surface area contributed by atoms with Crippen LogP contribution in [0.2, 0.25) is 0 Å². The fourth-order valence-electron chi connectivity index (χ4n) is 3.24. The zero-order chi connectivity index (χ0) is 18.6. The summed E-state index contributed by atoms with van der Waals surface area (Å²) in [4.78, 5) is 15.2. The number of piperidine rings is 1. The standard InChI is InChI=1S/C19H24N8/c1-26-8-4-14(5-9-26)24-15-10-18(25-19-13-21-17(20)12-23-19)22-11-16(15)27-6-2-3-7-27/h2-3,6-7,10-14H,4-5,8-9H2,1H3,(H2,20,21)(H2,22,23,24,25). The van der Waals surface area contributed by atoms with Crippen LogP contribution in [0.15, 0.2) is 49.2 Å². The number of rotatable bonds is 5. The molecule has 0 saturated carbocycles. The second-order valence-corrected chi connectivity index (χ2v) is 6.85. The quantitative estimate of drug-likeness (QED) is 0.640. The molecule has 1 aliphatic rings. The second kappa shape index (κ2) is 7.63. The highest BCUT2D eigenvalue weighted by atomic mass is 15.1. The van der Waals surface area contributed by atoms with Crippen LogP contribution < -0.4 is 16.4 Å². The van der Waals surface area contributed by atoms with E-state index in [1.165, 1.54) is 6.20 Å². The molecule has 3 aromatic heterocycles. The van der Waals surface area contributed by atoms with Crippen molar-refractivity contribution in [3.8, 4) is 5.69 Å². The number of hydrogen-bond donors (Lipinski definition) is 3. The molecule has 140 valence electrons. The lowest BCUT2D eigenvalue weighted by Gasteiger charge is -2.30. The van der Waals surface area contributed by atoms with Crippen molar-refractivity contribution in [2.45, 2.75) is 18.9 Å². The van der Waals surface area contributed by atoms with E-state index >= 15 is 0 Å². The zero-order valence-electron chi connectivity index (χ0n) is 15.3. The molecule has 1 saturated heterocycles. The van der Waals surface area contributed by atoms with Gasteiger partial charge in [0.05, 0.1) is 30.0 Å². The monoisotopic (exact) mass is 364 g/mol. The highest BCUT2D eigenvalue weighted by Crippen LogP contribution is 2.26. The van der Waals surface area contributed by atoms with Crippen LogP contribution in [0, 0.1) is 0 Å². The fraction of sp³-hybridized carbons (Fsp3) is 0.316. The van der Waals surface area contributed by atoms with Crippen molar-refractivity contribution < 1.29 is 0 Å². The van der Waals surface area contributed by atoms with Crippen LogP contribution >= 0.6 is 0 Å². The first kappa shape index (κ1) is 17.3. The van der Waals surface area contributed by atoms with Crippen LogP contribution in [-0.2, 0) is 0 Å². The number of anilines is 4. The van der Waals surface area contributed by atoms with Gasteiger partial charge in [0.2, 0.25) is 0 Å². The van der Waals surface area contributed by atoms with E-state index in [0.717, 1.165) is 37.3 Å². The Kier molecular flexibility index (Phi) is 4.88. The molecule has 1 aliphatic heterocycles. The Bertz CT molecular complexity index is 867. The largest absolute Gasteiger partial charge is 0.382 e. The molecule has 0 radical (unpaired) electrons. The third kappa shape index (κ3) is 4.17. The normalized spacial score (nSPS) is 15.6. The molecule has 1 fully saturated rings. The molecule has 8 nitrogen and oxygen atoms in total. The highest BCUT2D eigenvalue weighted by molar-refractivity contribution is 5.67. The fourth-order valence-corrected chi connectivity index (χ4v) is 3.24. The van der Waals surface area contributed by atoms with E-state index in [1.807, 2.05) is 36.8 Å². The molecular weight excluding hydrogens is 340 g/mol. The third-order valence-electron chi connectivity index (χ3n) is 4.77. The molecule has 0 aromatic carbocycles. The Morgan fingerprint density at radius 3 is 2.44 bits per heavy atom. The topological polar surface area (TPSA) is 96.9 Å². The lowest BCUT2D eigenvalue weighted by atomic mass is 10.1. The Morgan fingerprint density at radius 1 is 1.00 bits per heavy atom. The maximum Gasteiger partial charge on any atom is 0.150 e. The van der Waals surface area contributed by atoms with E-state index < -0.39 is 0 Å². The molecule has 4 heterocycles. The van der Waals surface area contributed by atoms with Gasteiger partial charge in [-0.15, -0.1) is 0 Å². The van der Waals surface area contributed by atoms with Gasteiger partial charge in [-0.3, -0.25) is 0 Å². The second-order valence-electron chi connectivity index (χ2n) is 6.85. The summed E-state index contributed by atoms with van der Waals surface area (Å²) in [7, 11) is 2.17. The van der Waals surface area contributed by atoms with Crippen LogP contribution in [-0.4, -0.2) is 50.6 Å². The van der Waals surface area contributed by atoms with Crippen LogP contribution in [0.1, 0.15) is 12.8 Å². The molecular formula is C19H24N8. The number of nitrogens with zero attached hydrogens (tertiary/aromatic N) is 5. The number of nitrogens with two attached hydrogens (primary N) is 1. The predicted octanol–water partition coefficient (Wildman–Crippen LogP) is 2.49. The third-order valence-corrected chi connectivity index (χ3v) is 4.77. The maximum atomic E-state index is 5.60. The van der Waals surface area contributed by atoms with Gasteiger partial charge in [-0.25, -0.2) is 15.0 Å². The first-order chi connectivity index (χ1) is 13.2. The number of pyridine rings is 1. The van der Waals surface area contributed by atoms with Crippen LogP contribution in [0.5, 0.6) is 0 Å². The summed E-state index contributed by atoms with van der Waals surface area (Å²) in [5.41, 5.74) is 7.66. The van der Waals surface area contributed by atoms with Crippen molar-refractivity contribution in [2.24, 2.45) is 0 Å². The van der Waals surface area contributed by atoms with Crippen LogP contribution in [0.3, 0.4) is 0 Å². The van der Waals surface area contributed by atoms with Gasteiger partial charge in [-0.1, -0.05) is 0 Å². The minimum Gasteiger partial charge on any atom is -0.382 e. The van der Waals surface area contributed by atoms with Gasteiger partial charge in [0.25, 0.3) is 0 Å². The summed E-state index contributed by atoms with van der Waals surface area (Å²) >= 11 is 0. The molecule has 8 heteroatoms. The van der Waals surface area contributed by atoms with E-state index in [1.54, 1.807) is 6.20 Å². The van der Waals surface area contributed by atoms with Crippen molar-refractivity contribution in [2.75, 3.05) is 36.5 Å². The lowest BCUT2D eigenvalue weighted by molar-refractivity contribution is 0.264. The van der Waals surface area contributed by atoms with E-state index in [0.29, 0.717) is 23.5 Å². The predicted molar refractivity (Wildman–Crippen MR) is 107 cm³/mol. The van der Waals surface area contributed by atoms with Crippen molar-refractivity contribution in [3.05, 3.63) is 49.2 Å². The SMILES string of the molecule is CN1CCC(Nc2cc(Nc3cnc(N)cn3)ncc2-n2cccc2)CC1. The van der Waals surface area contributed by atoms with E-state index in [4.69, 9.17) is 5.73 Å². The summed E-state index contributed by atoms with van der Waals surface area (Å²) < 4.78 is 2.07. The molecule has 0 unspecified atom stereocenters. The van der Waals surface area contributed by atoms with Crippen LogP contribution in [0.4, 0.5) is 23.1 Å². The van der Waals surface area contributed by atoms with Crippen molar-refractivity contribution >= 4 is 23.1 Å². The number of nitrogens with one attached hydrogen (secondary N) is 2. The van der Waals surface area contributed by atoms with Gasteiger partial charge in [-0.2, -0.15) is 0 Å². The Hall–Kier alpha value is -3.13. The Morgan fingerprint density at radius 2 is 1.74 bits per heavy atom. The molecule has 0 atom stereocenters. The summed E-state index contributed by atoms with van der Waals surface area (Å²) in [6.45, 7) is 2.21. The molecule has 3 aromatic rings. The Labute approximate surface area is 158 Å². The average Bonchev–Trinajstić information content (AvgIpc) is 3.20. The van der Waals surface area contributed by atoms with E-state index in [-0.39, 0.29) is 0 Å². The first-order valence-corrected chi connectivity index (χ1v) is 9.10. The summed E-state index contributed by atoms with van der Waals surface area (Å²) in [5, 5.41) is 6.90. The highest BCUT2D eigenvalue weighted by Gasteiger charge is 2.18. The van der Waals surface area contributed by atoms with E-state index in [2.05, 4.69) is 42.1 Å². The molecule has 27 heavy (non-hydrogen) atoms. The first-order valence-electron chi connectivity index (χ1n) is 9.10. The average molecular weight is 364 g/mol. The van der Waals surface area contributed by atoms with Gasteiger partial charge in [0, 0.05) is 24.5 Å². The molecule has 0 amide bonds. The molecule has 4 N–H and O–H groups in total. The maximum absolute atomic E-state index is 5.60. The number of hydrogen-bond acceptors (Lipinski definition) is 7. The smallest absolute Gasteiger partial charge is 0.150 e. The van der Waals surface area contributed by atoms with Gasteiger partial charge in [-0.05, 0) is 45.1 Å². The van der Waals surface area contributed by atoms with Gasteiger partial charge in [0.1, 0.15) is 17.5 Å². The number of aromatic nitrogens is 4. The minimum atomic E-state index is 0.390. The van der Waals surface area contributed by atoms with Gasteiger partial charge >= 0.3 is 0 Å². The zero-order valence-corrected chi connectivity index (χ0v) is 15.3. The molecule has 0 bridgehead atoms. The molecule has 0 spiro atoms. The summed E-state index contributed by atoms with van der Waals surface area (Å²) in [6.07, 6.45) is 11.3. The van der Waals surface area contributed by atoms with Crippen molar-refractivity contribution in [3.63, 3.8) is 0 Å². The molecule has 0 aliphatic carbocycles. The Balaban J connectivity index is 1.59. The summed E-state index contributed by atoms with van der Waals surface area (Å²) in [6, 6.07) is 6.48. The molecule has 4 rings (SSSR count). The van der Waals surface area contributed by atoms with Gasteiger partial charge < -0.3 is 25.8 Å². The lowest BCUT2D eigenvalue weighted by Crippen LogP contribution is -2.36. The van der Waals surface area contributed by atoms with E-state index in [9.17, 15) is 0 Å². The van der Waals surface area contributed by atoms with Crippen LogP contribution in [0.25, 0.3) is 5.69 Å². The van der Waals surface area contributed by atoms with Crippen molar-refractivity contribution in [1.29, 1.82) is 0 Å². The summed E-state index contributed by atoms with van der Waals surface area (Å²) in [5.74, 6) is 1.71.